The summed E-state index contributed by atoms with van der Waals surface area (Å²) in [7, 11) is 0. The van der Waals surface area contributed by atoms with Gasteiger partial charge in [-0.3, -0.25) is 4.79 Å². The smallest absolute Gasteiger partial charge is 0.343 e. The fourth-order valence-electron chi connectivity index (χ4n) is 2.14. The summed E-state index contributed by atoms with van der Waals surface area (Å²) in [4.78, 5) is 23.9. The lowest BCUT2D eigenvalue weighted by Crippen LogP contribution is -2.40. The third kappa shape index (κ3) is 3.26. The fraction of sp³-hybridized carbons (Fsp3) is 0.429. The molecule has 1 aliphatic rings. The molecule has 0 spiro atoms. The maximum atomic E-state index is 13.9. The number of alkyl halides is 1. The number of likely N-dealkylation sites (tertiary alicyclic amines) is 1. The van der Waals surface area contributed by atoms with E-state index in [0.717, 1.165) is 4.90 Å². The number of amides is 1. The maximum absolute atomic E-state index is 13.9. The summed E-state index contributed by atoms with van der Waals surface area (Å²) >= 11 is 5.94. The molecule has 0 radical (unpaired) electrons. The summed E-state index contributed by atoms with van der Waals surface area (Å²) in [6.07, 6.45) is -0.204. The van der Waals surface area contributed by atoms with Gasteiger partial charge in [-0.05, 0) is 19.1 Å². The van der Waals surface area contributed by atoms with Crippen LogP contribution in [0.4, 0.5) is 4.39 Å². The summed E-state index contributed by atoms with van der Waals surface area (Å²) in [6.45, 7) is 1.10. The van der Waals surface area contributed by atoms with Gasteiger partial charge in [0, 0.05) is 23.6 Å². The second-order valence-corrected chi connectivity index (χ2v) is 5.39. The molecule has 1 aromatic carbocycles. The van der Waals surface area contributed by atoms with Crippen molar-refractivity contribution in [3.63, 3.8) is 0 Å². The van der Waals surface area contributed by atoms with Crippen LogP contribution in [0.2, 0.25) is 5.02 Å². The van der Waals surface area contributed by atoms with E-state index in [9.17, 15) is 14.0 Å². The summed E-state index contributed by atoms with van der Waals surface area (Å²) in [6, 6.07) is 5.08. The van der Waals surface area contributed by atoms with Gasteiger partial charge < -0.3 is 14.7 Å². The Hall–Kier alpha value is -1.82. The van der Waals surface area contributed by atoms with E-state index in [1.807, 2.05) is 0 Å². The summed E-state index contributed by atoms with van der Waals surface area (Å²) in [5, 5.41) is 9.31. The number of halogens is 2. The number of benzene rings is 1. The molecule has 1 aromatic rings. The van der Waals surface area contributed by atoms with Gasteiger partial charge in [0.2, 0.25) is 5.67 Å². The lowest BCUT2D eigenvalue weighted by atomic mass is 10.1. The van der Waals surface area contributed by atoms with Crippen LogP contribution < -0.4 is 4.74 Å². The van der Waals surface area contributed by atoms with Gasteiger partial charge in [0.1, 0.15) is 5.75 Å². The van der Waals surface area contributed by atoms with Gasteiger partial charge >= 0.3 is 5.97 Å². The summed E-state index contributed by atoms with van der Waals surface area (Å²) in [5.74, 6) is -1.51. The fourth-order valence-corrected chi connectivity index (χ4v) is 2.30. The quantitative estimate of drug-likeness (QED) is 0.923. The SMILES string of the molecule is Cc1c(Cl)cccc1OCC(=O)N1CCC(F)(C(=O)O)C1. The zero-order valence-electron chi connectivity index (χ0n) is 11.4. The monoisotopic (exact) mass is 315 g/mol. The normalized spacial score (nSPS) is 21.4. The Morgan fingerprint density at radius 3 is 2.86 bits per heavy atom. The second-order valence-electron chi connectivity index (χ2n) is 4.99. The first-order valence-corrected chi connectivity index (χ1v) is 6.79. The molecule has 1 atom stereocenters. The Labute approximate surface area is 126 Å². The van der Waals surface area contributed by atoms with Gasteiger partial charge in [-0.15, -0.1) is 0 Å². The van der Waals surface area contributed by atoms with Gasteiger partial charge in [-0.25, -0.2) is 9.18 Å². The average molecular weight is 316 g/mol. The number of nitrogens with zero attached hydrogens (tertiary/aromatic N) is 1. The lowest BCUT2D eigenvalue weighted by Gasteiger charge is -2.18. The molecule has 1 saturated heterocycles. The molecular weight excluding hydrogens is 301 g/mol. The van der Waals surface area contributed by atoms with Crippen LogP contribution in [-0.4, -0.2) is 47.2 Å². The van der Waals surface area contributed by atoms with Crippen LogP contribution in [0.25, 0.3) is 0 Å². The zero-order valence-corrected chi connectivity index (χ0v) is 12.2. The van der Waals surface area contributed by atoms with E-state index >= 15 is 0 Å². The van der Waals surface area contributed by atoms with Crippen molar-refractivity contribution in [2.75, 3.05) is 19.7 Å². The molecule has 2 rings (SSSR count). The number of carboxylic acids is 1. The molecule has 1 unspecified atom stereocenters. The number of hydrogen-bond acceptors (Lipinski definition) is 3. The number of carboxylic acid groups (broad SMARTS) is 1. The first-order chi connectivity index (χ1) is 9.83. The zero-order chi connectivity index (χ0) is 15.6. The highest BCUT2D eigenvalue weighted by molar-refractivity contribution is 6.31. The molecule has 1 N–H and O–H groups in total. The number of ether oxygens (including phenoxy) is 1. The maximum Gasteiger partial charge on any atom is 0.343 e. The molecule has 0 bridgehead atoms. The van der Waals surface area contributed by atoms with Crippen LogP contribution in [0.3, 0.4) is 0 Å². The lowest BCUT2D eigenvalue weighted by molar-refractivity contribution is -0.150. The van der Waals surface area contributed by atoms with Crippen molar-refractivity contribution in [1.82, 2.24) is 4.90 Å². The average Bonchev–Trinajstić information content (AvgIpc) is 2.84. The van der Waals surface area contributed by atoms with Gasteiger partial charge in [-0.1, -0.05) is 17.7 Å². The molecule has 1 amide bonds. The predicted octanol–water partition coefficient (Wildman–Crippen LogP) is 2.05. The molecule has 0 saturated carbocycles. The van der Waals surface area contributed by atoms with Crippen molar-refractivity contribution in [2.24, 2.45) is 0 Å². The van der Waals surface area contributed by atoms with Crippen LogP contribution in [0.5, 0.6) is 5.75 Å². The van der Waals surface area contributed by atoms with Gasteiger partial charge in [0.15, 0.2) is 6.61 Å². The van der Waals surface area contributed by atoms with E-state index in [1.165, 1.54) is 0 Å². The number of aliphatic carboxylic acids is 1. The van der Waals surface area contributed by atoms with Crippen molar-refractivity contribution < 1.29 is 23.8 Å². The standard InChI is InChI=1S/C14H15ClFNO4/c1-9-10(15)3-2-4-11(9)21-7-12(18)17-6-5-14(16,8-17)13(19)20/h2-4H,5-8H2,1H3,(H,19,20). The van der Waals surface area contributed by atoms with E-state index < -0.39 is 24.1 Å². The first-order valence-electron chi connectivity index (χ1n) is 6.41. The molecule has 5 nitrogen and oxygen atoms in total. The molecule has 114 valence electrons. The number of carbonyl (C=O) groups excluding carboxylic acids is 1. The minimum absolute atomic E-state index is 0.0690. The van der Waals surface area contributed by atoms with Gasteiger partial charge in [-0.2, -0.15) is 0 Å². The largest absolute Gasteiger partial charge is 0.483 e. The molecule has 21 heavy (non-hydrogen) atoms. The minimum Gasteiger partial charge on any atom is -0.483 e. The molecule has 7 heteroatoms. The Balaban J connectivity index is 1.94. The van der Waals surface area contributed by atoms with Crippen LogP contribution in [-0.2, 0) is 9.59 Å². The molecule has 0 aliphatic carbocycles. The van der Waals surface area contributed by atoms with Crippen molar-refractivity contribution in [1.29, 1.82) is 0 Å². The van der Waals surface area contributed by atoms with Gasteiger partial charge in [0.25, 0.3) is 5.91 Å². The highest BCUT2D eigenvalue weighted by Crippen LogP contribution is 2.27. The number of rotatable bonds is 4. The Kier molecular flexibility index (Phi) is 4.37. The van der Waals surface area contributed by atoms with Crippen LogP contribution >= 0.6 is 11.6 Å². The second kappa shape index (κ2) is 5.89. The topological polar surface area (TPSA) is 66.8 Å². The van der Waals surface area contributed by atoms with Crippen molar-refractivity contribution >= 4 is 23.5 Å². The van der Waals surface area contributed by atoms with Crippen LogP contribution in [0.15, 0.2) is 18.2 Å². The predicted molar refractivity (Wildman–Crippen MR) is 74.4 cm³/mol. The highest BCUT2D eigenvalue weighted by atomic mass is 35.5. The summed E-state index contributed by atoms with van der Waals surface area (Å²) < 4.78 is 19.2. The van der Waals surface area contributed by atoms with Crippen molar-refractivity contribution in [2.45, 2.75) is 19.0 Å². The molecule has 1 fully saturated rings. The van der Waals surface area contributed by atoms with Crippen molar-refractivity contribution in [3.05, 3.63) is 28.8 Å². The van der Waals surface area contributed by atoms with Crippen LogP contribution in [0, 0.1) is 6.92 Å². The number of hydrogen-bond donors (Lipinski definition) is 1. The third-order valence-electron chi connectivity index (χ3n) is 3.52. The van der Waals surface area contributed by atoms with Crippen LogP contribution in [0.1, 0.15) is 12.0 Å². The highest BCUT2D eigenvalue weighted by Gasteiger charge is 2.46. The van der Waals surface area contributed by atoms with Crippen molar-refractivity contribution in [3.8, 4) is 5.75 Å². The minimum atomic E-state index is -2.36. The van der Waals surface area contributed by atoms with E-state index in [0.29, 0.717) is 16.3 Å². The molecule has 1 heterocycles. The number of carbonyl (C=O) groups is 2. The molecule has 1 aliphatic heterocycles. The van der Waals surface area contributed by atoms with E-state index in [1.54, 1.807) is 25.1 Å². The van der Waals surface area contributed by atoms with Gasteiger partial charge in [0.05, 0.1) is 6.54 Å². The Morgan fingerprint density at radius 1 is 1.52 bits per heavy atom. The van der Waals surface area contributed by atoms with E-state index in [-0.39, 0.29) is 19.6 Å². The Bertz CT molecular complexity index is 580. The first kappa shape index (κ1) is 15.6. The Morgan fingerprint density at radius 2 is 2.24 bits per heavy atom. The van der Waals surface area contributed by atoms with E-state index in [4.69, 9.17) is 21.4 Å². The molecule has 0 aromatic heterocycles. The third-order valence-corrected chi connectivity index (χ3v) is 3.93. The van der Waals surface area contributed by atoms with E-state index in [2.05, 4.69) is 0 Å². The molecular formula is C14H15ClFNO4. The summed E-state index contributed by atoms with van der Waals surface area (Å²) in [5.41, 5.74) is -1.65.